The van der Waals surface area contributed by atoms with Crippen molar-refractivity contribution in [2.75, 3.05) is 31.5 Å². The van der Waals surface area contributed by atoms with Gasteiger partial charge in [0.1, 0.15) is 5.82 Å². The van der Waals surface area contributed by atoms with Crippen LogP contribution in [-0.2, 0) is 4.79 Å². The minimum absolute atomic E-state index is 0.202. The smallest absolute Gasteiger partial charge is 0.260 e. The van der Waals surface area contributed by atoms with Crippen molar-refractivity contribution in [1.29, 1.82) is 0 Å². The van der Waals surface area contributed by atoms with Crippen molar-refractivity contribution in [3.63, 3.8) is 0 Å². The Bertz CT molecular complexity index is 440. The highest BCUT2D eigenvalue weighted by Crippen LogP contribution is 2.19. The number of nitrogens with zero attached hydrogens (tertiary/aromatic N) is 2. The van der Waals surface area contributed by atoms with Crippen LogP contribution in [-0.4, -0.2) is 48.0 Å². The van der Waals surface area contributed by atoms with E-state index >= 15 is 0 Å². The zero-order chi connectivity index (χ0) is 12.5. The van der Waals surface area contributed by atoms with E-state index in [1.807, 2.05) is 0 Å². The second kappa shape index (κ2) is 4.66. The maximum absolute atomic E-state index is 13.8. The molecule has 0 bridgehead atoms. The number of alkyl halides is 1. The molecule has 1 amide bonds. The van der Waals surface area contributed by atoms with Crippen molar-refractivity contribution in [2.24, 2.45) is 5.92 Å². The summed E-state index contributed by atoms with van der Waals surface area (Å²) in [7, 11) is 0. The van der Waals surface area contributed by atoms with Gasteiger partial charge in [0.05, 0.1) is 12.2 Å². The van der Waals surface area contributed by atoms with E-state index < -0.39 is 12.1 Å². The van der Waals surface area contributed by atoms with Gasteiger partial charge in [-0.1, -0.05) is 0 Å². The number of rotatable bonds is 4. The molecule has 1 aromatic rings. The van der Waals surface area contributed by atoms with Crippen molar-refractivity contribution in [3.8, 4) is 0 Å². The number of nitrogens with one attached hydrogen (secondary N) is 3. The van der Waals surface area contributed by atoms with E-state index in [0.717, 1.165) is 13.1 Å². The molecule has 2 aliphatic heterocycles. The van der Waals surface area contributed by atoms with Gasteiger partial charge in [-0.15, -0.1) is 0 Å². The third-order valence-corrected chi connectivity index (χ3v) is 3.50. The van der Waals surface area contributed by atoms with E-state index in [9.17, 15) is 9.18 Å². The van der Waals surface area contributed by atoms with Crippen LogP contribution in [0.2, 0.25) is 0 Å². The average Bonchev–Trinajstić information content (AvgIpc) is 2.61. The molecule has 0 aromatic carbocycles. The molecule has 18 heavy (non-hydrogen) atoms. The summed E-state index contributed by atoms with van der Waals surface area (Å²) in [5.74, 6) is -0.205. The first-order valence-electron chi connectivity index (χ1n) is 6.15. The first-order chi connectivity index (χ1) is 8.75. The van der Waals surface area contributed by atoms with Crippen LogP contribution >= 0.6 is 0 Å². The zero-order valence-corrected chi connectivity index (χ0v) is 9.90. The van der Waals surface area contributed by atoms with Crippen molar-refractivity contribution in [1.82, 2.24) is 20.4 Å². The summed E-state index contributed by atoms with van der Waals surface area (Å²) < 4.78 is 15.5. The fraction of sp³-hybridized carbons (Fsp3) is 0.636. The molecule has 1 aromatic heterocycles. The molecule has 3 rings (SSSR count). The second-order valence-electron chi connectivity index (χ2n) is 4.78. The van der Waals surface area contributed by atoms with Crippen molar-refractivity contribution in [3.05, 3.63) is 12.3 Å². The second-order valence-corrected chi connectivity index (χ2v) is 4.78. The Balaban J connectivity index is 1.64. The summed E-state index contributed by atoms with van der Waals surface area (Å²) in [6.07, 6.45) is 0.167. The molecule has 6 nitrogen and oxygen atoms in total. The summed E-state index contributed by atoms with van der Waals surface area (Å²) in [4.78, 5) is 11.8. The topological polar surface area (TPSA) is 71.0 Å². The molecule has 2 fully saturated rings. The van der Waals surface area contributed by atoms with E-state index in [-0.39, 0.29) is 12.0 Å². The van der Waals surface area contributed by atoms with Gasteiger partial charge in [0.25, 0.3) is 5.91 Å². The van der Waals surface area contributed by atoms with Crippen LogP contribution in [0.15, 0.2) is 12.3 Å². The fourth-order valence-corrected chi connectivity index (χ4v) is 2.08. The molecule has 3 heterocycles. The highest BCUT2D eigenvalue weighted by atomic mass is 19.1. The van der Waals surface area contributed by atoms with Crippen LogP contribution < -0.4 is 16.0 Å². The van der Waals surface area contributed by atoms with Gasteiger partial charge in [-0.2, -0.15) is 5.10 Å². The molecule has 7 heteroatoms. The van der Waals surface area contributed by atoms with Gasteiger partial charge in [0.2, 0.25) is 0 Å². The Kier molecular flexibility index (Phi) is 3.00. The van der Waals surface area contributed by atoms with E-state index in [4.69, 9.17) is 0 Å². The molecule has 3 N–H and O–H groups in total. The van der Waals surface area contributed by atoms with Gasteiger partial charge >= 0.3 is 0 Å². The number of amides is 1. The van der Waals surface area contributed by atoms with Crippen LogP contribution in [0.1, 0.15) is 6.04 Å². The van der Waals surface area contributed by atoms with Crippen LogP contribution in [0.4, 0.5) is 10.2 Å². The lowest BCUT2D eigenvalue weighted by Crippen LogP contribution is -2.51. The van der Waals surface area contributed by atoms with Gasteiger partial charge < -0.3 is 16.0 Å². The summed E-state index contributed by atoms with van der Waals surface area (Å²) in [5, 5.41) is 12.9. The molecule has 2 aliphatic rings. The maximum Gasteiger partial charge on any atom is 0.260 e. The Morgan fingerprint density at radius 2 is 2.17 bits per heavy atom. The minimum Gasteiger partial charge on any atom is -0.316 e. The number of anilines is 1. The number of hydrogen-bond acceptors (Lipinski definition) is 4. The highest BCUT2D eigenvalue weighted by molar-refractivity contribution is 5.93. The average molecular weight is 253 g/mol. The standard InChI is InChI=1S/C11H16FN5O/c12-10(7-3-13-4-7)11(18)16-9-1-2-15-17(9)8-5-14-6-8/h1-2,7-8,10,13-14H,3-6H2,(H,16,18). The first kappa shape index (κ1) is 11.6. The lowest BCUT2D eigenvalue weighted by atomic mass is 9.97. The number of carbonyl (C=O) groups excluding carboxylic acids is 1. The lowest BCUT2D eigenvalue weighted by molar-refractivity contribution is -0.123. The van der Waals surface area contributed by atoms with Crippen molar-refractivity contribution < 1.29 is 9.18 Å². The van der Waals surface area contributed by atoms with Gasteiger partial charge in [0, 0.05) is 38.2 Å². The van der Waals surface area contributed by atoms with E-state index in [0.29, 0.717) is 18.9 Å². The van der Waals surface area contributed by atoms with E-state index in [1.54, 1.807) is 16.9 Å². The summed E-state index contributed by atoms with van der Waals surface area (Å²) in [6, 6.07) is 1.95. The Morgan fingerprint density at radius 1 is 1.44 bits per heavy atom. The predicted molar refractivity (Wildman–Crippen MR) is 64.0 cm³/mol. The van der Waals surface area contributed by atoms with Crippen molar-refractivity contribution in [2.45, 2.75) is 12.2 Å². The van der Waals surface area contributed by atoms with Gasteiger partial charge in [0.15, 0.2) is 6.17 Å². The third-order valence-electron chi connectivity index (χ3n) is 3.50. The molecule has 98 valence electrons. The Hall–Kier alpha value is -1.47. The van der Waals surface area contributed by atoms with Gasteiger partial charge in [-0.05, 0) is 0 Å². The van der Waals surface area contributed by atoms with E-state index in [1.165, 1.54) is 0 Å². The predicted octanol–water partition coefficient (Wildman–Crippen LogP) is -0.477. The summed E-state index contributed by atoms with van der Waals surface area (Å²) >= 11 is 0. The lowest BCUT2D eigenvalue weighted by Gasteiger charge is -2.30. The number of carbonyl (C=O) groups is 1. The molecular formula is C11H16FN5O. The number of hydrogen-bond donors (Lipinski definition) is 3. The SMILES string of the molecule is O=C(Nc1ccnn1C1CNC1)C(F)C1CNC1. The fourth-order valence-electron chi connectivity index (χ4n) is 2.08. The molecule has 0 radical (unpaired) electrons. The summed E-state index contributed by atoms with van der Waals surface area (Å²) in [5.41, 5.74) is 0. The molecular weight excluding hydrogens is 237 g/mol. The van der Waals surface area contributed by atoms with Crippen LogP contribution in [0.25, 0.3) is 0 Å². The minimum atomic E-state index is -1.45. The first-order valence-corrected chi connectivity index (χ1v) is 6.15. The highest BCUT2D eigenvalue weighted by Gasteiger charge is 2.33. The molecule has 1 unspecified atom stereocenters. The monoisotopic (exact) mass is 253 g/mol. The molecule has 0 aliphatic carbocycles. The van der Waals surface area contributed by atoms with Crippen LogP contribution in [0.5, 0.6) is 0 Å². The quantitative estimate of drug-likeness (QED) is 0.678. The zero-order valence-electron chi connectivity index (χ0n) is 9.90. The van der Waals surface area contributed by atoms with Gasteiger partial charge in [-0.3, -0.25) is 4.79 Å². The van der Waals surface area contributed by atoms with Crippen LogP contribution in [0.3, 0.4) is 0 Å². The molecule has 2 saturated heterocycles. The largest absolute Gasteiger partial charge is 0.316 e. The maximum atomic E-state index is 13.8. The van der Waals surface area contributed by atoms with Crippen LogP contribution in [0, 0.1) is 5.92 Å². The number of halogens is 1. The molecule has 1 atom stereocenters. The Morgan fingerprint density at radius 3 is 2.72 bits per heavy atom. The van der Waals surface area contributed by atoms with E-state index in [2.05, 4.69) is 21.0 Å². The summed E-state index contributed by atoms with van der Waals surface area (Å²) in [6.45, 7) is 2.80. The Labute approximate surface area is 104 Å². The molecule has 0 spiro atoms. The molecule has 0 saturated carbocycles. The third kappa shape index (κ3) is 1.99. The van der Waals surface area contributed by atoms with Crippen molar-refractivity contribution >= 4 is 11.7 Å². The number of aromatic nitrogens is 2. The van der Waals surface area contributed by atoms with Gasteiger partial charge in [-0.25, -0.2) is 9.07 Å². The normalized spacial score (nSPS) is 22.1.